The van der Waals surface area contributed by atoms with Gasteiger partial charge in [-0.1, -0.05) is 0 Å². The van der Waals surface area contributed by atoms with Gasteiger partial charge in [-0.25, -0.2) is 8.42 Å². The van der Waals surface area contributed by atoms with Gasteiger partial charge < -0.3 is 10.1 Å². The van der Waals surface area contributed by atoms with Crippen molar-refractivity contribution in [2.75, 3.05) is 18.4 Å². The minimum atomic E-state index is -3.71. The van der Waals surface area contributed by atoms with E-state index in [-0.39, 0.29) is 10.8 Å². The van der Waals surface area contributed by atoms with Crippen LogP contribution in [0, 0.1) is 0 Å². The zero-order valence-electron chi connectivity index (χ0n) is 12.9. The highest BCUT2D eigenvalue weighted by Gasteiger charge is 2.15. The van der Waals surface area contributed by atoms with Crippen LogP contribution in [0.1, 0.15) is 17.3 Å². The van der Waals surface area contributed by atoms with Crippen LogP contribution < -0.4 is 14.8 Å². The number of anilines is 1. The molecule has 0 unspecified atom stereocenters. The van der Waals surface area contributed by atoms with Crippen molar-refractivity contribution in [3.63, 3.8) is 0 Å². The molecule has 0 heterocycles. The third kappa shape index (κ3) is 4.23. The average molecular weight is 334 g/mol. The Bertz CT molecular complexity index is 769. The standard InChI is InChI=1S/C16H18N2O4S/c1-3-22-14-8-6-13(7-9-14)18-23(20,21)15-10-4-12(5-11-15)16(19)17-2/h4-11,18H,3H2,1-2H3,(H,17,19). The first-order valence-corrected chi connectivity index (χ1v) is 8.52. The fourth-order valence-corrected chi connectivity index (χ4v) is 2.99. The Kier molecular flexibility index (Phi) is 5.23. The van der Waals surface area contributed by atoms with E-state index in [9.17, 15) is 13.2 Å². The van der Waals surface area contributed by atoms with Crippen molar-refractivity contribution >= 4 is 21.6 Å². The van der Waals surface area contributed by atoms with Crippen molar-refractivity contribution in [1.29, 1.82) is 0 Å². The number of carbonyl (C=O) groups excluding carboxylic acids is 1. The van der Waals surface area contributed by atoms with Gasteiger partial charge >= 0.3 is 0 Å². The molecule has 0 spiro atoms. The van der Waals surface area contributed by atoms with E-state index in [1.54, 1.807) is 24.3 Å². The second kappa shape index (κ2) is 7.15. The van der Waals surface area contributed by atoms with Gasteiger partial charge in [-0.05, 0) is 55.5 Å². The van der Waals surface area contributed by atoms with Gasteiger partial charge in [0.05, 0.1) is 11.5 Å². The number of amides is 1. The molecule has 2 rings (SSSR count). The average Bonchev–Trinajstić information content (AvgIpc) is 2.56. The molecule has 2 aromatic carbocycles. The maximum Gasteiger partial charge on any atom is 0.261 e. The van der Waals surface area contributed by atoms with E-state index in [1.807, 2.05) is 6.92 Å². The molecule has 7 heteroatoms. The van der Waals surface area contributed by atoms with Gasteiger partial charge in [0.2, 0.25) is 0 Å². The molecule has 6 nitrogen and oxygen atoms in total. The highest BCUT2D eigenvalue weighted by atomic mass is 32.2. The van der Waals surface area contributed by atoms with Crippen molar-refractivity contribution < 1.29 is 17.9 Å². The zero-order valence-corrected chi connectivity index (χ0v) is 13.7. The molecular formula is C16H18N2O4S. The summed E-state index contributed by atoms with van der Waals surface area (Å²) in [4.78, 5) is 11.5. The number of nitrogens with one attached hydrogen (secondary N) is 2. The number of carbonyl (C=O) groups is 1. The molecule has 0 aliphatic heterocycles. The highest BCUT2D eigenvalue weighted by Crippen LogP contribution is 2.19. The number of ether oxygens (including phenoxy) is 1. The molecule has 0 radical (unpaired) electrons. The lowest BCUT2D eigenvalue weighted by Gasteiger charge is -2.09. The van der Waals surface area contributed by atoms with Crippen LogP contribution in [0.2, 0.25) is 0 Å². The maximum absolute atomic E-state index is 12.3. The maximum atomic E-state index is 12.3. The topological polar surface area (TPSA) is 84.5 Å². The Hall–Kier alpha value is -2.54. The predicted octanol–water partition coefficient (Wildman–Crippen LogP) is 2.25. The molecule has 0 saturated carbocycles. The van der Waals surface area contributed by atoms with Crippen molar-refractivity contribution in [3.05, 3.63) is 54.1 Å². The predicted molar refractivity (Wildman–Crippen MR) is 88.3 cm³/mol. The monoisotopic (exact) mass is 334 g/mol. The molecule has 122 valence electrons. The largest absolute Gasteiger partial charge is 0.494 e. The number of sulfonamides is 1. The lowest BCUT2D eigenvalue weighted by atomic mass is 10.2. The third-order valence-corrected chi connectivity index (χ3v) is 4.47. The lowest BCUT2D eigenvalue weighted by molar-refractivity contribution is 0.0963. The van der Waals surface area contributed by atoms with Gasteiger partial charge in [-0.2, -0.15) is 0 Å². The van der Waals surface area contributed by atoms with Gasteiger partial charge in [-0.15, -0.1) is 0 Å². The fourth-order valence-electron chi connectivity index (χ4n) is 1.93. The Morgan fingerprint density at radius 3 is 2.17 bits per heavy atom. The summed E-state index contributed by atoms with van der Waals surface area (Å²) in [6.07, 6.45) is 0. The van der Waals surface area contributed by atoms with Gasteiger partial charge in [0.1, 0.15) is 5.75 Å². The van der Waals surface area contributed by atoms with Gasteiger partial charge in [0.15, 0.2) is 0 Å². The van der Waals surface area contributed by atoms with E-state index in [4.69, 9.17) is 4.74 Å². The lowest BCUT2D eigenvalue weighted by Crippen LogP contribution is -2.18. The highest BCUT2D eigenvalue weighted by molar-refractivity contribution is 7.92. The minimum Gasteiger partial charge on any atom is -0.494 e. The normalized spacial score (nSPS) is 10.9. The number of benzene rings is 2. The van der Waals surface area contributed by atoms with E-state index in [2.05, 4.69) is 10.0 Å². The molecular weight excluding hydrogens is 316 g/mol. The zero-order chi connectivity index (χ0) is 16.9. The van der Waals surface area contributed by atoms with E-state index >= 15 is 0 Å². The number of hydrogen-bond donors (Lipinski definition) is 2. The molecule has 0 atom stereocenters. The summed E-state index contributed by atoms with van der Waals surface area (Å²) in [6, 6.07) is 12.3. The van der Waals surface area contributed by atoms with Crippen LogP contribution in [0.25, 0.3) is 0 Å². The molecule has 0 bridgehead atoms. The van der Waals surface area contributed by atoms with Crippen LogP contribution in [-0.2, 0) is 10.0 Å². The number of hydrogen-bond acceptors (Lipinski definition) is 4. The van der Waals surface area contributed by atoms with Crippen LogP contribution in [0.4, 0.5) is 5.69 Å². The van der Waals surface area contributed by atoms with E-state index < -0.39 is 10.0 Å². The Morgan fingerprint density at radius 1 is 1.04 bits per heavy atom. The van der Waals surface area contributed by atoms with Gasteiger partial charge in [0, 0.05) is 18.3 Å². The van der Waals surface area contributed by atoms with Crippen LogP contribution in [0.5, 0.6) is 5.75 Å². The quantitative estimate of drug-likeness (QED) is 0.848. The van der Waals surface area contributed by atoms with Crippen LogP contribution in [-0.4, -0.2) is 28.0 Å². The molecule has 0 aromatic heterocycles. The van der Waals surface area contributed by atoms with Crippen molar-refractivity contribution in [3.8, 4) is 5.75 Å². The fraction of sp³-hybridized carbons (Fsp3) is 0.188. The summed E-state index contributed by atoms with van der Waals surface area (Å²) in [5, 5.41) is 2.48. The Balaban J connectivity index is 2.16. The first-order valence-electron chi connectivity index (χ1n) is 7.04. The Labute approximate surface area is 135 Å². The molecule has 0 aliphatic carbocycles. The smallest absolute Gasteiger partial charge is 0.261 e. The summed E-state index contributed by atoms with van der Waals surface area (Å²) in [7, 11) is -2.20. The second-order valence-corrected chi connectivity index (χ2v) is 6.35. The summed E-state index contributed by atoms with van der Waals surface area (Å²) >= 11 is 0. The molecule has 2 N–H and O–H groups in total. The summed E-state index contributed by atoms with van der Waals surface area (Å²) < 4.78 is 32.4. The molecule has 0 aliphatic rings. The first kappa shape index (κ1) is 16.8. The van der Waals surface area contributed by atoms with Crippen molar-refractivity contribution in [2.24, 2.45) is 0 Å². The summed E-state index contributed by atoms with van der Waals surface area (Å²) in [6.45, 7) is 2.42. The van der Waals surface area contributed by atoms with Gasteiger partial charge in [0.25, 0.3) is 15.9 Å². The number of rotatable bonds is 6. The van der Waals surface area contributed by atoms with Crippen molar-refractivity contribution in [1.82, 2.24) is 5.32 Å². The second-order valence-electron chi connectivity index (χ2n) is 4.67. The molecule has 0 fully saturated rings. The van der Waals surface area contributed by atoms with E-state index in [1.165, 1.54) is 31.3 Å². The molecule has 2 aromatic rings. The van der Waals surface area contributed by atoms with Crippen LogP contribution in [0.15, 0.2) is 53.4 Å². The van der Waals surface area contributed by atoms with Gasteiger partial charge in [-0.3, -0.25) is 9.52 Å². The molecule has 1 amide bonds. The molecule has 23 heavy (non-hydrogen) atoms. The Morgan fingerprint density at radius 2 is 1.65 bits per heavy atom. The molecule has 0 saturated heterocycles. The summed E-state index contributed by atoms with van der Waals surface area (Å²) in [5.41, 5.74) is 0.830. The van der Waals surface area contributed by atoms with E-state index in [0.717, 1.165) is 0 Å². The minimum absolute atomic E-state index is 0.0824. The van der Waals surface area contributed by atoms with E-state index in [0.29, 0.717) is 23.6 Å². The van der Waals surface area contributed by atoms with Crippen LogP contribution >= 0.6 is 0 Å². The summed E-state index contributed by atoms with van der Waals surface area (Å²) in [5.74, 6) is 0.402. The van der Waals surface area contributed by atoms with Crippen molar-refractivity contribution in [2.45, 2.75) is 11.8 Å². The first-order chi connectivity index (χ1) is 11.0. The SMILES string of the molecule is CCOc1ccc(NS(=O)(=O)c2ccc(C(=O)NC)cc2)cc1. The third-order valence-electron chi connectivity index (χ3n) is 3.07. The van der Waals surface area contributed by atoms with Crippen LogP contribution in [0.3, 0.4) is 0 Å².